The number of hydrogen-bond donors (Lipinski definition) is 2. The van der Waals surface area contributed by atoms with Gasteiger partial charge in [-0.15, -0.1) is 0 Å². The number of aliphatic carboxylic acids is 2. The molecule has 0 aliphatic heterocycles. The van der Waals surface area contributed by atoms with Gasteiger partial charge in [0.1, 0.15) is 17.1 Å². The minimum absolute atomic E-state index is 0.208. The first-order valence-electron chi connectivity index (χ1n) is 7.80. The molecule has 0 bridgehead atoms. The lowest BCUT2D eigenvalue weighted by molar-refractivity contribution is -0.136. The lowest BCUT2D eigenvalue weighted by atomic mass is 10.0. The second kappa shape index (κ2) is 7.14. The van der Waals surface area contributed by atoms with Gasteiger partial charge in [-0.05, 0) is 48.0 Å². The van der Waals surface area contributed by atoms with E-state index in [4.69, 9.17) is 14.3 Å². The number of benzene rings is 2. The Kier molecular flexibility index (Phi) is 4.75. The van der Waals surface area contributed by atoms with Crippen LogP contribution in [0, 0.1) is 0 Å². The van der Waals surface area contributed by atoms with Gasteiger partial charge in [-0.3, -0.25) is 4.79 Å². The molecule has 0 saturated heterocycles. The highest BCUT2D eigenvalue weighted by atomic mass is 16.5. The van der Waals surface area contributed by atoms with E-state index in [0.717, 1.165) is 11.6 Å². The van der Waals surface area contributed by atoms with E-state index in [2.05, 4.69) is 0 Å². The first-order chi connectivity index (χ1) is 12.5. The highest BCUT2D eigenvalue weighted by Crippen LogP contribution is 2.35. The Morgan fingerprint density at radius 3 is 2.46 bits per heavy atom. The molecule has 132 valence electrons. The van der Waals surface area contributed by atoms with Gasteiger partial charge in [-0.25, -0.2) is 4.79 Å². The Labute approximate surface area is 148 Å². The lowest BCUT2D eigenvalue weighted by Gasteiger charge is -2.03. The number of hydrogen-bond acceptors (Lipinski definition) is 4. The van der Waals surface area contributed by atoms with Crippen molar-refractivity contribution in [2.75, 3.05) is 7.11 Å². The van der Waals surface area contributed by atoms with Crippen LogP contribution in [0.3, 0.4) is 0 Å². The summed E-state index contributed by atoms with van der Waals surface area (Å²) >= 11 is 0. The highest BCUT2D eigenvalue weighted by molar-refractivity contribution is 5.93. The number of ether oxygens (including phenoxy) is 1. The van der Waals surface area contributed by atoms with Gasteiger partial charge in [0.05, 0.1) is 13.5 Å². The van der Waals surface area contributed by atoms with Crippen molar-refractivity contribution in [3.05, 3.63) is 59.7 Å². The Balaban J connectivity index is 2.15. The van der Waals surface area contributed by atoms with Crippen LogP contribution in [0.1, 0.15) is 11.1 Å². The van der Waals surface area contributed by atoms with Gasteiger partial charge in [0.2, 0.25) is 0 Å². The van der Waals surface area contributed by atoms with Crippen LogP contribution >= 0.6 is 0 Å². The van der Waals surface area contributed by atoms with Crippen molar-refractivity contribution in [3.8, 4) is 17.1 Å². The van der Waals surface area contributed by atoms with Crippen molar-refractivity contribution in [1.29, 1.82) is 0 Å². The molecule has 0 saturated carbocycles. The van der Waals surface area contributed by atoms with Crippen molar-refractivity contribution in [3.63, 3.8) is 0 Å². The molecule has 2 N–H and O–H groups in total. The van der Waals surface area contributed by atoms with Gasteiger partial charge in [0.15, 0.2) is 0 Å². The zero-order valence-corrected chi connectivity index (χ0v) is 13.9. The van der Waals surface area contributed by atoms with E-state index < -0.39 is 11.9 Å². The number of furan rings is 1. The first-order valence-corrected chi connectivity index (χ1v) is 7.80. The van der Waals surface area contributed by atoms with Gasteiger partial charge in [-0.2, -0.15) is 0 Å². The van der Waals surface area contributed by atoms with E-state index >= 15 is 0 Å². The zero-order valence-electron chi connectivity index (χ0n) is 13.9. The quantitative estimate of drug-likeness (QED) is 0.654. The first kappa shape index (κ1) is 17.3. The number of rotatable bonds is 6. The second-order valence-corrected chi connectivity index (χ2v) is 5.64. The van der Waals surface area contributed by atoms with E-state index in [1.807, 2.05) is 0 Å². The van der Waals surface area contributed by atoms with Crippen LogP contribution in [0.4, 0.5) is 0 Å². The zero-order chi connectivity index (χ0) is 18.7. The minimum Gasteiger partial charge on any atom is -0.497 e. The van der Waals surface area contributed by atoms with Gasteiger partial charge >= 0.3 is 11.9 Å². The van der Waals surface area contributed by atoms with Gasteiger partial charge in [0, 0.05) is 22.6 Å². The van der Waals surface area contributed by atoms with Gasteiger partial charge in [0.25, 0.3) is 0 Å². The Morgan fingerprint density at radius 2 is 1.85 bits per heavy atom. The van der Waals surface area contributed by atoms with Gasteiger partial charge in [-0.1, -0.05) is 6.07 Å². The summed E-state index contributed by atoms with van der Waals surface area (Å²) in [5, 5.41) is 18.7. The third-order valence-electron chi connectivity index (χ3n) is 3.91. The molecule has 0 spiro atoms. The molecule has 0 aliphatic rings. The normalized spacial score (nSPS) is 11.1. The van der Waals surface area contributed by atoms with E-state index in [0.29, 0.717) is 33.6 Å². The molecule has 2 aromatic carbocycles. The van der Waals surface area contributed by atoms with E-state index in [1.165, 1.54) is 6.08 Å². The van der Waals surface area contributed by atoms with Crippen molar-refractivity contribution < 1.29 is 29.0 Å². The largest absolute Gasteiger partial charge is 0.497 e. The molecular formula is C20H16O6. The molecule has 1 aromatic heterocycles. The Hall–Kier alpha value is -3.54. The molecule has 6 heteroatoms. The Morgan fingerprint density at radius 1 is 1.12 bits per heavy atom. The number of carboxylic acids is 2. The third-order valence-corrected chi connectivity index (χ3v) is 3.91. The standard InChI is InChI=1S/C20H16O6/c1-25-14-6-4-13(5-7-14)20-16(11-19(23)24)15-10-12(3-9-18(21)22)2-8-17(15)26-20/h2-10H,11H2,1H3,(H,21,22)(H,23,24)/b9-3+. The van der Waals surface area contributed by atoms with Crippen LogP contribution in [0.15, 0.2) is 53.0 Å². The predicted molar refractivity (Wildman–Crippen MR) is 96.2 cm³/mol. The average molecular weight is 352 g/mol. The van der Waals surface area contributed by atoms with Crippen LogP contribution in [-0.2, 0) is 16.0 Å². The van der Waals surface area contributed by atoms with Crippen molar-refractivity contribution >= 4 is 29.0 Å². The fourth-order valence-corrected chi connectivity index (χ4v) is 2.74. The van der Waals surface area contributed by atoms with E-state index in [1.54, 1.807) is 49.6 Å². The minimum atomic E-state index is -1.05. The highest BCUT2D eigenvalue weighted by Gasteiger charge is 2.18. The average Bonchev–Trinajstić information content (AvgIpc) is 2.97. The van der Waals surface area contributed by atoms with Crippen LogP contribution in [0.25, 0.3) is 28.4 Å². The summed E-state index contributed by atoms with van der Waals surface area (Å²) in [6, 6.07) is 12.3. The molecule has 0 radical (unpaired) electrons. The van der Waals surface area contributed by atoms with Crippen LogP contribution in [-0.4, -0.2) is 29.3 Å². The molecule has 6 nitrogen and oxygen atoms in total. The van der Waals surface area contributed by atoms with Crippen LogP contribution < -0.4 is 4.74 Å². The maximum atomic E-state index is 11.3. The van der Waals surface area contributed by atoms with E-state index in [9.17, 15) is 14.7 Å². The number of carboxylic acid groups (broad SMARTS) is 2. The van der Waals surface area contributed by atoms with Gasteiger partial charge < -0.3 is 19.4 Å². The summed E-state index contributed by atoms with van der Waals surface area (Å²) in [4.78, 5) is 22.0. The molecular weight excluding hydrogens is 336 g/mol. The molecule has 0 atom stereocenters. The van der Waals surface area contributed by atoms with Crippen molar-refractivity contribution in [1.82, 2.24) is 0 Å². The predicted octanol–water partition coefficient (Wildman–Crippen LogP) is 3.83. The molecule has 0 aliphatic carbocycles. The lowest BCUT2D eigenvalue weighted by Crippen LogP contribution is -2.00. The fourth-order valence-electron chi connectivity index (χ4n) is 2.74. The van der Waals surface area contributed by atoms with Crippen LogP contribution in [0.2, 0.25) is 0 Å². The third kappa shape index (κ3) is 3.59. The summed E-state index contributed by atoms with van der Waals surface area (Å²) in [5.41, 5.74) is 2.47. The molecule has 0 amide bonds. The fraction of sp³-hybridized carbons (Fsp3) is 0.100. The van der Waals surface area contributed by atoms with Crippen molar-refractivity contribution in [2.24, 2.45) is 0 Å². The monoisotopic (exact) mass is 352 g/mol. The molecule has 0 unspecified atom stereocenters. The molecule has 3 rings (SSSR count). The maximum Gasteiger partial charge on any atom is 0.328 e. The molecule has 26 heavy (non-hydrogen) atoms. The summed E-state index contributed by atoms with van der Waals surface area (Å²) in [6.07, 6.45) is 2.27. The summed E-state index contributed by atoms with van der Waals surface area (Å²) in [6.45, 7) is 0. The molecule has 1 heterocycles. The Bertz CT molecular complexity index is 995. The number of fused-ring (bicyclic) bond motifs is 1. The topological polar surface area (TPSA) is 97.0 Å². The van der Waals surface area contributed by atoms with E-state index in [-0.39, 0.29) is 6.42 Å². The van der Waals surface area contributed by atoms with Crippen LogP contribution in [0.5, 0.6) is 5.75 Å². The molecule has 3 aromatic rings. The summed E-state index contributed by atoms with van der Waals surface area (Å²) < 4.78 is 11.0. The smallest absolute Gasteiger partial charge is 0.328 e. The summed E-state index contributed by atoms with van der Waals surface area (Å²) in [7, 11) is 1.57. The second-order valence-electron chi connectivity index (χ2n) is 5.64. The summed E-state index contributed by atoms with van der Waals surface area (Å²) in [5.74, 6) is -0.869. The van der Waals surface area contributed by atoms with Crippen molar-refractivity contribution in [2.45, 2.75) is 6.42 Å². The number of carbonyl (C=O) groups is 2. The maximum absolute atomic E-state index is 11.3. The molecule has 0 fully saturated rings. The number of methoxy groups -OCH3 is 1. The SMILES string of the molecule is COc1ccc(-c2oc3ccc(/C=C/C(=O)O)cc3c2CC(=O)O)cc1.